The molecule has 1 atom stereocenters. The molecule has 1 saturated heterocycles. The van der Waals surface area contributed by atoms with Crippen molar-refractivity contribution < 1.29 is 4.79 Å². The van der Waals surface area contributed by atoms with Crippen LogP contribution in [0.1, 0.15) is 23.5 Å². The molecular formula is C12H15NO. The van der Waals surface area contributed by atoms with Crippen molar-refractivity contribution >= 4 is 5.91 Å². The van der Waals surface area contributed by atoms with E-state index in [1.807, 2.05) is 11.9 Å². The monoisotopic (exact) mass is 189 g/mol. The van der Waals surface area contributed by atoms with E-state index in [0.29, 0.717) is 12.3 Å². The van der Waals surface area contributed by atoms with Crippen molar-refractivity contribution in [1.29, 1.82) is 0 Å². The lowest BCUT2D eigenvalue weighted by Crippen LogP contribution is -2.18. The molecule has 2 nitrogen and oxygen atoms in total. The summed E-state index contributed by atoms with van der Waals surface area (Å²) < 4.78 is 0. The second-order valence-corrected chi connectivity index (χ2v) is 4.09. The van der Waals surface area contributed by atoms with Gasteiger partial charge in [-0.1, -0.05) is 29.8 Å². The van der Waals surface area contributed by atoms with Gasteiger partial charge in [0.05, 0.1) is 0 Å². The molecule has 0 bridgehead atoms. The minimum absolute atomic E-state index is 0.261. The number of rotatable bonds is 1. The summed E-state index contributed by atoms with van der Waals surface area (Å²) in [4.78, 5) is 13.2. The largest absolute Gasteiger partial charge is 0.345 e. The fourth-order valence-electron chi connectivity index (χ4n) is 2.01. The van der Waals surface area contributed by atoms with Gasteiger partial charge in [0.1, 0.15) is 0 Å². The number of likely N-dealkylation sites (tertiary alicyclic amines) is 1. The minimum Gasteiger partial charge on any atom is -0.345 e. The van der Waals surface area contributed by atoms with Crippen molar-refractivity contribution in [3.63, 3.8) is 0 Å². The van der Waals surface area contributed by atoms with Crippen molar-refractivity contribution in [2.75, 3.05) is 13.6 Å². The van der Waals surface area contributed by atoms with E-state index in [0.717, 1.165) is 6.54 Å². The normalized spacial score (nSPS) is 21.7. The van der Waals surface area contributed by atoms with Crippen LogP contribution in [-0.4, -0.2) is 24.4 Å². The number of benzene rings is 1. The molecule has 0 saturated carbocycles. The maximum atomic E-state index is 11.4. The van der Waals surface area contributed by atoms with Gasteiger partial charge >= 0.3 is 0 Å². The van der Waals surface area contributed by atoms with Crippen molar-refractivity contribution in [2.24, 2.45) is 0 Å². The van der Waals surface area contributed by atoms with Gasteiger partial charge in [0, 0.05) is 25.9 Å². The minimum atomic E-state index is 0.261. The Morgan fingerprint density at radius 1 is 1.43 bits per heavy atom. The number of aryl methyl sites for hydroxylation is 1. The Morgan fingerprint density at radius 3 is 2.79 bits per heavy atom. The summed E-state index contributed by atoms with van der Waals surface area (Å²) in [5.41, 5.74) is 2.56. The summed E-state index contributed by atoms with van der Waals surface area (Å²) in [5.74, 6) is 0.656. The molecular weight excluding hydrogens is 174 g/mol. The Balaban J connectivity index is 2.21. The highest BCUT2D eigenvalue weighted by atomic mass is 16.2. The van der Waals surface area contributed by atoms with Crippen LogP contribution in [0.2, 0.25) is 0 Å². The molecule has 1 aromatic rings. The van der Waals surface area contributed by atoms with Gasteiger partial charge in [-0.05, 0) is 12.5 Å². The average Bonchev–Trinajstić information content (AvgIpc) is 2.47. The second kappa shape index (κ2) is 3.45. The molecule has 2 heteroatoms. The molecule has 1 fully saturated rings. The van der Waals surface area contributed by atoms with Crippen molar-refractivity contribution in [3.8, 4) is 0 Å². The number of likely N-dealkylation sites (N-methyl/N-ethyl adjacent to an activating group) is 1. The molecule has 2 rings (SSSR count). The number of nitrogens with zero attached hydrogens (tertiary/aromatic N) is 1. The van der Waals surface area contributed by atoms with E-state index in [1.165, 1.54) is 11.1 Å². The van der Waals surface area contributed by atoms with E-state index in [1.54, 1.807) is 0 Å². The van der Waals surface area contributed by atoms with Gasteiger partial charge in [0.2, 0.25) is 5.91 Å². The van der Waals surface area contributed by atoms with Gasteiger partial charge < -0.3 is 4.90 Å². The molecule has 74 valence electrons. The SMILES string of the molecule is Cc1cccc(C2CC(=O)N(C)C2)c1. The van der Waals surface area contributed by atoms with E-state index in [9.17, 15) is 4.79 Å². The third-order valence-corrected chi connectivity index (χ3v) is 2.85. The molecule has 0 radical (unpaired) electrons. The lowest BCUT2D eigenvalue weighted by molar-refractivity contribution is -0.126. The Morgan fingerprint density at radius 2 is 2.21 bits per heavy atom. The third-order valence-electron chi connectivity index (χ3n) is 2.85. The molecule has 0 aliphatic carbocycles. The van der Waals surface area contributed by atoms with Crippen LogP contribution in [0.3, 0.4) is 0 Å². The van der Waals surface area contributed by atoms with Crippen molar-refractivity contribution in [1.82, 2.24) is 4.90 Å². The fraction of sp³-hybridized carbons (Fsp3) is 0.417. The molecule has 1 aliphatic heterocycles. The quantitative estimate of drug-likeness (QED) is 0.661. The van der Waals surface area contributed by atoms with E-state index in [-0.39, 0.29) is 5.91 Å². The van der Waals surface area contributed by atoms with E-state index < -0.39 is 0 Å². The van der Waals surface area contributed by atoms with Gasteiger partial charge in [0.25, 0.3) is 0 Å². The van der Waals surface area contributed by atoms with Crippen LogP contribution in [0.5, 0.6) is 0 Å². The summed E-state index contributed by atoms with van der Waals surface area (Å²) in [7, 11) is 1.87. The summed E-state index contributed by atoms with van der Waals surface area (Å²) in [5, 5.41) is 0. The molecule has 0 aromatic heterocycles. The standard InChI is InChI=1S/C12H15NO/c1-9-4-3-5-10(6-9)11-7-12(14)13(2)8-11/h3-6,11H,7-8H2,1-2H3. The van der Waals surface area contributed by atoms with Crippen LogP contribution >= 0.6 is 0 Å². The summed E-state index contributed by atoms with van der Waals surface area (Å²) in [6.07, 6.45) is 0.667. The summed E-state index contributed by atoms with van der Waals surface area (Å²) >= 11 is 0. The zero-order valence-corrected chi connectivity index (χ0v) is 8.66. The molecule has 1 amide bonds. The van der Waals surface area contributed by atoms with Gasteiger partial charge in [-0.2, -0.15) is 0 Å². The van der Waals surface area contributed by atoms with E-state index in [2.05, 4.69) is 31.2 Å². The predicted molar refractivity (Wildman–Crippen MR) is 56.2 cm³/mol. The third kappa shape index (κ3) is 1.65. The smallest absolute Gasteiger partial charge is 0.223 e. The van der Waals surface area contributed by atoms with Crippen LogP contribution in [0, 0.1) is 6.92 Å². The number of hydrogen-bond donors (Lipinski definition) is 0. The lowest BCUT2D eigenvalue weighted by Gasteiger charge is -2.10. The first-order valence-corrected chi connectivity index (χ1v) is 4.97. The zero-order valence-electron chi connectivity index (χ0n) is 8.66. The summed E-state index contributed by atoms with van der Waals surface area (Å²) in [6.45, 7) is 2.95. The maximum Gasteiger partial charge on any atom is 0.223 e. The van der Waals surface area contributed by atoms with Crippen LogP contribution in [0.4, 0.5) is 0 Å². The number of carbonyl (C=O) groups is 1. The molecule has 1 aromatic carbocycles. The molecule has 0 spiro atoms. The molecule has 1 heterocycles. The Bertz CT molecular complexity index is 359. The maximum absolute atomic E-state index is 11.4. The highest BCUT2D eigenvalue weighted by Gasteiger charge is 2.27. The van der Waals surface area contributed by atoms with Crippen molar-refractivity contribution in [3.05, 3.63) is 35.4 Å². The molecule has 1 aliphatic rings. The zero-order chi connectivity index (χ0) is 10.1. The second-order valence-electron chi connectivity index (χ2n) is 4.09. The number of amides is 1. The first-order valence-electron chi connectivity index (χ1n) is 4.97. The average molecular weight is 189 g/mol. The first-order chi connectivity index (χ1) is 6.66. The summed E-state index contributed by atoms with van der Waals surface area (Å²) in [6, 6.07) is 8.44. The van der Waals surface area contributed by atoms with Crippen LogP contribution in [0.15, 0.2) is 24.3 Å². The Labute approximate surface area is 84.5 Å². The Kier molecular flexibility index (Phi) is 2.28. The molecule has 1 unspecified atom stereocenters. The predicted octanol–water partition coefficient (Wildman–Crippen LogP) is 1.94. The van der Waals surface area contributed by atoms with Crippen LogP contribution in [0.25, 0.3) is 0 Å². The Hall–Kier alpha value is -1.31. The van der Waals surface area contributed by atoms with Gasteiger partial charge in [-0.3, -0.25) is 4.79 Å². The van der Waals surface area contributed by atoms with Crippen LogP contribution < -0.4 is 0 Å². The van der Waals surface area contributed by atoms with Gasteiger partial charge in [-0.25, -0.2) is 0 Å². The highest BCUT2D eigenvalue weighted by Crippen LogP contribution is 2.27. The van der Waals surface area contributed by atoms with E-state index >= 15 is 0 Å². The lowest BCUT2D eigenvalue weighted by atomic mass is 9.97. The highest BCUT2D eigenvalue weighted by molar-refractivity contribution is 5.79. The first kappa shape index (κ1) is 9.25. The van der Waals surface area contributed by atoms with Gasteiger partial charge in [-0.15, -0.1) is 0 Å². The van der Waals surface area contributed by atoms with Gasteiger partial charge in [0.15, 0.2) is 0 Å². The van der Waals surface area contributed by atoms with Crippen molar-refractivity contribution in [2.45, 2.75) is 19.3 Å². The van der Waals surface area contributed by atoms with Crippen LogP contribution in [-0.2, 0) is 4.79 Å². The fourth-order valence-corrected chi connectivity index (χ4v) is 2.01. The number of carbonyl (C=O) groups excluding carboxylic acids is 1. The number of hydrogen-bond acceptors (Lipinski definition) is 1. The molecule has 14 heavy (non-hydrogen) atoms. The topological polar surface area (TPSA) is 20.3 Å². The molecule has 0 N–H and O–H groups in total. The van der Waals surface area contributed by atoms with E-state index in [4.69, 9.17) is 0 Å².